The first-order valence-corrected chi connectivity index (χ1v) is 5.00. The van der Waals surface area contributed by atoms with Crippen molar-refractivity contribution in [1.82, 2.24) is 0 Å². The molecule has 4 heteroatoms. The van der Waals surface area contributed by atoms with E-state index in [0.717, 1.165) is 5.56 Å². The molecule has 3 rings (SSSR count). The Bertz CT molecular complexity index is 643. The third-order valence-corrected chi connectivity index (χ3v) is 2.86. The van der Waals surface area contributed by atoms with Crippen molar-refractivity contribution in [3.8, 4) is 0 Å². The van der Waals surface area contributed by atoms with Gasteiger partial charge in [-0.15, -0.1) is 12.4 Å². The predicted octanol–water partition coefficient (Wildman–Crippen LogP) is 2.20. The number of hydrogen-bond donors (Lipinski definition) is 0. The highest BCUT2D eigenvalue weighted by Crippen LogP contribution is 2.24. The summed E-state index contributed by atoms with van der Waals surface area (Å²) in [5.74, 6) is -0.0928. The van der Waals surface area contributed by atoms with Gasteiger partial charge in [0.25, 0.3) is 0 Å². The largest absolute Gasteiger partial charge is 0.431 e. The smallest absolute Gasteiger partial charge is 0.339 e. The molecular formula is C13H9ClO3. The first-order chi connectivity index (χ1) is 7.77. The Morgan fingerprint density at radius 3 is 2.59 bits per heavy atom. The molecule has 0 fully saturated rings. The highest BCUT2D eigenvalue weighted by Gasteiger charge is 2.25. The Balaban J connectivity index is 0.00000108. The molecule has 0 amide bonds. The lowest BCUT2D eigenvalue weighted by atomic mass is 9.86. The maximum Gasteiger partial charge on any atom is 0.339 e. The van der Waals surface area contributed by atoms with Crippen molar-refractivity contribution in [2.24, 2.45) is 0 Å². The van der Waals surface area contributed by atoms with E-state index in [9.17, 15) is 9.59 Å². The molecule has 1 aliphatic carbocycles. The minimum absolute atomic E-state index is 0. The maximum absolute atomic E-state index is 12.1. The summed E-state index contributed by atoms with van der Waals surface area (Å²) in [6.07, 6.45) is 1.74. The van der Waals surface area contributed by atoms with Crippen molar-refractivity contribution in [1.29, 1.82) is 0 Å². The fraction of sp³-hybridized carbons (Fsp3) is 0.0769. The van der Waals surface area contributed by atoms with Crippen molar-refractivity contribution in [3.05, 3.63) is 69.3 Å². The van der Waals surface area contributed by atoms with Crippen LogP contribution < -0.4 is 5.63 Å². The van der Waals surface area contributed by atoms with Crippen LogP contribution in [-0.2, 0) is 6.42 Å². The molecule has 0 N–H and O–H groups in total. The van der Waals surface area contributed by atoms with E-state index in [1.807, 2.05) is 18.2 Å². The number of hydrogen-bond acceptors (Lipinski definition) is 3. The lowest BCUT2D eigenvalue weighted by Crippen LogP contribution is -2.21. The molecule has 0 saturated carbocycles. The summed E-state index contributed by atoms with van der Waals surface area (Å²) in [7, 11) is 0. The summed E-state index contributed by atoms with van der Waals surface area (Å²) in [6.45, 7) is 0. The van der Waals surface area contributed by atoms with Crippen LogP contribution in [0.25, 0.3) is 0 Å². The minimum Gasteiger partial charge on any atom is -0.431 e. The Morgan fingerprint density at radius 1 is 1.00 bits per heavy atom. The average Bonchev–Trinajstić information content (AvgIpc) is 2.31. The Hall–Kier alpha value is -1.87. The Kier molecular flexibility index (Phi) is 2.86. The van der Waals surface area contributed by atoms with Crippen LogP contribution >= 0.6 is 12.4 Å². The molecule has 0 unspecified atom stereocenters. The van der Waals surface area contributed by atoms with Gasteiger partial charge >= 0.3 is 5.63 Å². The van der Waals surface area contributed by atoms with Gasteiger partial charge in [0.15, 0.2) is 5.78 Å². The topological polar surface area (TPSA) is 47.3 Å². The second-order valence-electron chi connectivity index (χ2n) is 3.76. The number of benzene rings is 1. The van der Waals surface area contributed by atoms with Gasteiger partial charge in [-0.2, -0.15) is 0 Å². The fourth-order valence-corrected chi connectivity index (χ4v) is 2.06. The van der Waals surface area contributed by atoms with Gasteiger partial charge < -0.3 is 4.42 Å². The van der Waals surface area contributed by atoms with Gasteiger partial charge in [0.1, 0.15) is 0 Å². The van der Waals surface area contributed by atoms with E-state index in [4.69, 9.17) is 4.42 Å². The van der Waals surface area contributed by atoms with Crippen LogP contribution in [0.2, 0.25) is 0 Å². The van der Waals surface area contributed by atoms with Crippen molar-refractivity contribution >= 4 is 18.2 Å². The third kappa shape index (κ3) is 1.68. The zero-order valence-corrected chi connectivity index (χ0v) is 9.62. The van der Waals surface area contributed by atoms with E-state index < -0.39 is 5.63 Å². The molecule has 1 aliphatic rings. The number of rotatable bonds is 0. The lowest BCUT2D eigenvalue weighted by Gasteiger charge is -2.16. The zero-order chi connectivity index (χ0) is 11.1. The summed E-state index contributed by atoms with van der Waals surface area (Å²) in [6, 6.07) is 8.90. The first-order valence-electron chi connectivity index (χ1n) is 5.00. The molecule has 0 bridgehead atoms. The van der Waals surface area contributed by atoms with Crippen LogP contribution in [0.4, 0.5) is 0 Å². The molecule has 17 heavy (non-hydrogen) atoms. The van der Waals surface area contributed by atoms with Crippen LogP contribution in [0.1, 0.15) is 27.0 Å². The number of fused-ring (bicyclic) bond motifs is 2. The first kappa shape index (κ1) is 11.6. The SMILES string of the molecule is Cl.O=C1c2ccccc2Cc2c1ccoc2=O. The summed E-state index contributed by atoms with van der Waals surface area (Å²) >= 11 is 0. The average molecular weight is 249 g/mol. The molecule has 1 aromatic carbocycles. The second-order valence-corrected chi connectivity index (χ2v) is 3.76. The zero-order valence-electron chi connectivity index (χ0n) is 8.80. The molecule has 1 aromatic heterocycles. The van der Waals surface area contributed by atoms with E-state index in [1.54, 1.807) is 12.1 Å². The molecule has 0 spiro atoms. The van der Waals surface area contributed by atoms with Crippen molar-refractivity contribution in [2.45, 2.75) is 6.42 Å². The quantitative estimate of drug-likeness (QED) is 0.613. The summed E-state index contributed by atoms with van der Waals surface area (Å²) < 4.78 is 4.78. The number of carbonyl (C=O) groups is 1. The van der Waals surface area contributed by atoms with Crippen LogP contribution in [0.5, 0.6) is 0 Å². The van der Waals surface area contributed by atoms with Gasteiger partial charge in [0, 0.05) is 17.5 Å². The van der Waals surface area contributed by atoms with Gasteiger partial charge in [-0.3, -0.25) is 4.79 Å². The molecule has 3 nitrogen and oxygen atoms in total. The molecule has 0 atom stereocenters. The monoisotopic (exact) mass is 248 g/mol. The predicted molar refractivity (Wildman–Crippen MR) is 64.9 cm³/mol. The van der Waals surface area contributed by atoms with E-state index >= 15 is 0 Å². The van der Waals surface area contributed by atoms with E-state index in [0.29, 0.717) is 23.1 Å². The normalized spacial score (nSPS) is 12.4. The van der Waals surface area contributed by atoms with Crippen LogP contribution in [-0.4, -0.2) is 5.78 Å². The summed E-state index contributed by atoms with van der Waals surface area (Å²) in [5.41, 5.74) is 2.08. The highest BCUT2D eigenvalue weighted by molar-refractivity contribution is 6.12. The standard InChI is InChI=1S/C13H8O3.ClH/c14-12-9-4-2-1-3-8(9)7-11-10(12)5-6-16-13(11)15;/h1-6H,7H2;1H. The van der Waals surface area contributed by atoms with Crippen molar-refractivity contribution < 1.29 is 9.21 Å². The second kappa shape index (κ2) is 4.18. The van der Waals surface area contributed by atoms with Crippen LogP contribution in [0.15, 0.2) is 45.8 Å². The van der Waals surface area contributed by atoms with Crippen molar-refractivity contribution in [2.75, 3.05) is 0 Å². The van der Waals surface area contributed by atoms with Crippen LogP contribution in [0.3, 0.4) is 0 Å². The minimum atomic E-state index is -0.416. The molecule has 2 aromatic rings. The van der Waals surface area contributed by atoms with Gasteiger partial charge in [-0.25, -0.2) is 4.79 Å². The summed E-state index contributed by atoms with van der Waals surface area (Å²) in [4.78, 5) is 23.6. The number of halogens is 1. The van der Waals surface area contributed by atoms with Gasteiger partial charge in [-0.1, -0.05) is 24.3 Å². The maximum atomic E-state index is 12.1. The Morgan fingerprint density at radius 2 is 1.76 bits per heavy atom. The number of ketones is 1. The molecule has 1 heterocycles. The van der Waals surface area contributed by atoms with Gasteiger partial charge in [-0.05, 0) is 11.6 Å². The van der Waals surface area contributed by atoms with Crippen LogP contribution in [0, 0.1) is 0 Å². The fourth-order valence-electron chi connectivity index (χ4n) is 2.06. The number of carbonyl (C=O) groups excluding carboxylic acids is 1. The van der Waals surface area contributed by atoms with E-state index in [-0.39, 0.29) is 18.2 Å². The lowest BCUT2D eigenvalue weighted by molar-refractivity contribution is 0.103. The molecule has 86 valence electrons. The molecule has 0 radical (unpaired) electrons. The Labute approximate surface area is 103 Å². The van der Waals surface area contributed by atoms with E-state index in [1.165, 1.54) is 6.26 Å². The van der Waals surface area contributed by atoms with Gasteiger partial charge in [0.2, 0.25) is 0 Å². The molecular weight excluding hydrogens is 240 g/mol. The summed E-state index contributed by atoms with van der Waals surface area (Å²) in [5, 5.41) is 0. The van der Waals surface area contributed by atoms with E-state index in [2.05, 4.69) is 0 Å². The highest BCUT2D eigenvalue weighted by atomic mass is 35.5. The third-order valence-electron chi connectivity index (χ3n) is 2.86. The van der Waals surface area contributed by atoms with Crippen molar-refractivity contribution in [3.63, 3.8) is 0 Å². The molecule has 0 aliphatic heterocycles. The van der Waals surface area contributed by atoms with Gasteiger partial charge in [0.05, 0.1) is 11.8 Å². The molecule has 0 saturated heterocycles.